The normalized spacial score (nSPS) is 28.2. The van der Waals surface area contributed by atoms with Crippen LogP contribution in [0.15, 0.2) is 28.7 Å². The largest absolute Gasteiger partial charge is 0.392 e. The first kappa shape index (κ1) is 11.8. The van der Waals surface area contributed by atoms with Crippen LogP contribution < -0.4 is 11.4 Å². The van der Waals surface area contributed by atoms with E-state index < -0.39 is 23.9 Å². The molecule has 1 unspecified atom stereocenters. The van der Waals surface area contributed by atoms with Crippen LogP contribution in [0.5, 0.6) is 0 Å². The predicted octanol–water partition coefficient (Wildman–Crippen LogP) is -1.98. The van der Waals surface area contributed by atoms with Gasteiger partial charge in [-0.05, 0) is 11.6 Å². The predicted molar refractivity (Wildman–Crippen MR) is 59.1 cm³/mol. The van der Waals surface area contributed by atoms with Crippen LogP contribution in [0.25, 0.3) is 0 Å². The summed E-state index contributed by atoms with van der Waals surface area (Å²) in [4.78, 5) is 15.1. The Morgan fingerprint density at radius 3 is 2.71 bits per heavy atom. The molecule has 1 aromatic rings. The van der Waals surface area contributed by atoms with E-state index in [1.165, 1.54) is 18.3 Å². The molecule has 0 radical (unpaired) electrons. The van der Waals surface area contributed by atoms with Crippen molar-refractivity contribution in [1.82, 2.24) is 9.55 Å². The van der Waals surface area contributed by atoms with Crippen LogP contribution in [-0.2, 0) is 0 Å². The monoisotopic (exact) mass is 239 g/mol. The first-order valence-corrected chi connectivity index (χ1v) is 5.07. The quantitative estimate of drug-likeness (QED) is 0.444. The summed E-state index contributed by atoms with van der Waals surface area (Å²) in [6, 6.07) is 0.679. The van der Waals surface area contributed by atoms with Gasteiger partial charge in [-0.1, -0.05) is 6.08 Å². The van der Waals surface area contributed by atoms with Crippen LogP contribution in [0.4, 0.5) is 5.82 Å². The van der Waals surface area contributed by atoms with Gasteiger partial charge in [0, 0.05) is 6.20 Å². The van der Waals surface area contributed by atoms with Gasteiger partial charge in [0.1, 0.15) is 18.0 Å². The Morgan fingerprint density at radius 1 is 1.47 bits per heavy atom. The van der Waals surface area contributed by atoms with Gasteiger partial charge < -0.3 is 21.1 Å². The number of nitrogens with zero attached hydrogens (tertiary/aromatic N) is 2. The van der Waals surface area contributed by atoms with E-state index in [9.17, 15) is 15.0 Å². The van der Waals surface area contributed by atoms with Crippen molar-refractivity contribution >= 4 is 5.82 Å². The van der Waals surface area contributed by atoms with E-state index in [2.05, 4.69) is 4.98 Å². The zero-order chi connectivity index (χ0) is 12.6. The Kier molecular flexibility index (Phi) is 2.97. The summed E-state index contributed by atoms with van der Waals surface area (Å²) in [5.74, 6) is 0.0886. The lowest BCUT2D eigenvalue weighted by Gasteiger charge is -2.18. The van der Waals surface area contributed by atoms with E-state index >= 15 is 0 Å². The number of aliphatic hydroxyl groups is 3. The van der Waals surface area contributed by atoms with E-state index in [0.717, 1.165) is 4.57 Å². The molecule has 2 rings (SSSR count). The molecule has 0 saturated heterocycles. The molecule has 1 aromatic heterocycles. The lowest BCUT2D eigenvalue weighted by molar-refractivity contribution is 0.0272. The fourth-order valence-corrected chi connectivity index (χ4v) is 1.87. The second-order valence-corrected chi connectivity index (χ2v) is 3.87. The molecule has 0 saturated carbocycles. The minimum Gasteiger partial charge on any atom is -0.392 e. The van der Waals surface area contributed by atoms with Crippen LogP contribution in [0.1, 0.15) is 6.04 Å². The highest BCUT2D eigenvalue weighted by Gasteiger charge is 2.35. The van der Waals surface area contributed by atoms with Crippen LogP contribution in [0.2, 0.25) is 0 Å². The number of nitrogen functional groups attached to an aromatic ring is 1. The molecule has 5 N–H and O–H groups in total. The number of aromatic nitrogens is 2. The van der Waals surface area contributed by atoms with Gasteiger partial charge in [-0.15, -0.1) is 0 Å². The number of aliphatic hydroxyl groups excluding tert-OH is 3. The SMILES string of the molecule is Nc1ccn([C@@H]2C=C(CO)C(O)[C@@H]2O)c(=O)n1. The molecule has 7 nitrogen and oxygen atoms in total. The number of nitrogens with two attached hydrogens (primary N) is 1. The molecule has 17 heavy (non-hydrogen) atoms. The minimum absolute atomic E-state index is 0.0886. The van der Waals surface area contributed by atoms with Gasteiger partial charge in [-0.2, -0.15) is 4.98 Å². The summed E-state index contributed by atoms with van der Waals surface area (Å²) < 4.78 is 1.16. The summed E-state index contributed by atoms with van der Waals surface area (Å²) in [6.45, 7) is -0.369. The van der Waals surface area contributed by atoms with Crippen molar-refractivity contribution in [1.29, 1.82) is 0 Å². The molecular weight excluding hydrogens is 226 g/mol. The zero-order valence-electron chi connectivity index (χ0n) is 8.89. The van der Waals surface area contributed by atoms with Gasteiger partial charge >= 0.3 is 5.69 Å². The standard InChI is InChI=1S/C10H13N3O4/c11-7-1-2-13(10(17)12-7)6-3-5(4-14)8(15)9(6)16/h1-3,6,8-9,14-16H,4H2,(H2,11,12,17)/t6-,8?,9-/m1/s1. The lowest BCUT2D eigenvalue weighted by Crippen LogP contribution is -2.35. The summed E-state index contributed by atoms with van der Waals surface area (Å²) >= 11 is 0. The number of hydrogen-bond acceptors (Lipinski definition) is 6. The molecule has 7 heteroatoms. The topological polar surface area (TPSA) is 122 Å². The number of hydrogen-bond donors (Lipinski definition) is 4. The van der Waals surface area contributed by atoms with Crippen molar-refractivity contribution in [2.24, 2.45) is 0 Å². The van der Waals surface area contributed by atoms with E-state index in [4.69, 9.17) is 10.8 Å². The van der Waals surface area contributed by atoms with Gasteiger partial charge in [-0.3, -0.25) is 4.57 Å². The zero-order valence-corrected chi connectivity index (χ0v) is 8.89. The molecule has 0 spiro atoms. The molecular formula is C10H13N3O4. The van der Waals surface area contributed by atoms with Crippen LogP contribution in [0.3, 0.4) is 0 Å². The average molecular weight is 239 g/mol. The van der Waals surface area contributed by atoms with Crippen LogP contribution in [0, 0.1) is 0 Å². The molecule has 0 bridgehead atoms. The fourth-order valence-electron chi connectivity index (χ4n) is 1.87. The Hall–Kier alpha value is -1.70. The lowest BCUT2D eigenvalue weighted by atomic mass is 10.1. The Bertz CT molecular complexity index is 511. The Labute approximate surface area is 96.5 Å². The van der Waals surface area contributed by atoms with Crippen molar-refractivity contribution < 1.29 is 15.3 Å². The van der Waals surface area contributed by atoms with Crippen LogP contribution >= 0.6 is 0 Å². The van der Waals surface area contributed by atoms with Crippen molar-refractivity contribution in [2.75, 3.05) is 12.3 Å². The second-order valence-electron chi connectivity index (χ2n) is 3.87. The van der Waals surface area contributed by atoms with Gasteiger partial charge in [0.25, 0.3) is 0 Å². The fraction of sp³-hybridized carbons (Fsp3) is 0.400. The van der Waals surface area contributed by atoms with Crippen molar-refractivity contribution in [3.63, 3.8) is 0 Å². The van der Waals surface area contributed by atoms with Crippen LogP contribution in [-0.4, -0.2) is 43.7 Å². The van der Waals surface area contributed by atoms with Crippen molar-refractivity contribution in [2.45, 2.75) is 18.2 Å². The molecule has 0 amide bonds. The van der Waals surface area contributed by atoms with Gasteiger partial charge in [0.15, 0.2) is 0 Å². The van der Waals surface area contributed by atoms with Gasteiger partial charge in [-0.25, -0.2) is 4.79 Å². The average Bonchev–Trinajstić information content (AvgIpc) is 2.57. The smallest absolute Gasteiger partial charge is 0.350 e. The maximum atomic E-state index is 11.6. The minimum atomic E-state index is -1.18. The highest BCUT2D eigenvalue weighted by molar-refractivity contribution is 5.27. The summed E-state index contributed by atoms with van der Waals surface area (Å²) in [6.07, 6.45) is 0.492. The molecule has 0 fully saturated rings. The molecule has 1 aliphatic carbocycles. The Morgan fingerprint density at radius 2 is 2.18 bits per heavy atom. The highest BCUT2D eigenvalue weighted by atomic mass is 16.3. The molecule has 0 aliphatic heterocycles. The summed E-state index contributed by atoms with van der Waals surface area (Å²) in [5, 5.41) is 28.3. The maximum Gasteiger partial charge on any atom is 0.350 e. The van der Waals surface area contributed by atoms with E-state index in [1.807, 2.05) is 0 Å². The van der Waals surface area contributed by atoms with Crippen molar-refractivity contribution in [3.8, 4) is 0 Å². The summed E-state index contributed by atoms with van der Waals surface area (Å²) in [7, 11) is 0. The van der Waals surface area contributed by atoms with Gasteiger partial charge in [0.05, 0.1) is 12.6 Å². The third-order valence-corrected chi connectivity index (χ3v) is 2.79. The maximum absolute atomic E-state index is 11.6. The third-order valence-electron chi connectivity index (χ3n) is 2.79. The van der Waals surface area contributed by atoms with Gasteiger partial charge in [0.2, 0.25) is 0 Å². The van der Waals surface area contributed by atoms with E-state index in [1.54, 1.807) is 0 Å². The third kappa shape index (κ3) is 1.95. The van der Waals surface area contributed by atoms with Crippen molar-refractivity contribution in [3.05, 3.63) is 34.4 Å². The second kappa shape index (κ2) is 4.28. The first-order valence-electron chi connectivity index (χ1n) is 5.07. The first-order chi connectivity index (χ1) is 8.04. The molecule has 1 aliphatic rings. The molecule has 3 atom stereocenters. The molecule has 1 heterocycles. The number of anilines is 1. The van der Waals surface area contributed by atoms with E-state index in [-0.39, 0.29) is 18.0 Å². The van der Waals surface area contributed by atoms with E-state index in [0.29, 0.717) is 0 Å². The Balaban J connectivity index is 2.41. The summed E-state index contributed by atoms with van der Waals surface area (Å²) in [5.41, 5.74) is 5.02. The number of rotatable bonds is 2. The highest BCUT2D eigenvalue weighted by Crippen LogP contribution is 2.27. The molecule has 0 aromatic carbocycles. The molecule has 92 valence electrons.